The zero-order valence-electron chi connectivity index (χ0n) is 27.7. The second kappa shape index (κ2) is 16.6. The molecule has 3 N–H and O–H groups in total. The van der Waals surface area contributed by atoms with Crippen LogP contribution < -0.4 is 10.6 Å². The van der Waals surface area contributed by atoms with Gasteiger partial charge in [0.05, 0.1) is 55.2 Å². The van der Waals surface area contributed by atoms with E-state index in [2.05, 4.69) is 36.4 Å². The van der Waals surface area contributed by atoms with E-state index < -0.39 is 35.4 Å². The molecule has 3 rings (SSSR count). The van der Waals surface area contributed by atoms with Gasteiger partial charge in [-0.3, -0.25) is 14.4 Å². The lowest BCUT2D eigenvalue weighted by Gasteiger charge is -2.35. The summed E-state index contributed by atoms with van der Waals surface area (Å²) in [5.74, 6) is -1.22. The average molecular weight is 647 g/mol. The number of aliphatic hydroxyl groups excluding tert-OH is 1. The Morgan fingerprint density at radius 2 is 1.67 bits per heavy atom. The van der Waals surface area contributed by atoms with Gasteiger partial charge < -0.3 is 34.9 Å². The van der Waals surface area contributed by atoms with Crippen molar-refractivity contribution in [2.45, 2.75) is 79.6 Å². The van der Waals surface area contributed by atoms with Gasteiger partial charge in [0.2, 0.25) is 17.7 Å². The number of benzene rings is 1. The van der Waals surface area contributed by atoms with Crippen molar-refractivity contribution in [3.05, 3.63) is 41.0 Å². The minimum atomic E-state index is -0.923. The second-order valence-corrected chi connectivity index (χ2v) is 14.6. The van der Waals surface area contributed by atoms with Crippen molar-refractivity contribution in [1.82, 2.24) is 20.5 Å². The number of aryl methyl sites for hydroxylation is 1. The Hall–Kier alpha value is -2.90. The Bertz CT molecular complexity index is 1250. The monoisotopic (exact) mass is 646 g/mol. The number of hydrogen-bond donors (Lipinski definition) is 3. The number of rotatable bonds is 15. The summed E-state index contributed by atoms with van der Waals surface area (Å²) >= 11 is 1.58. The van der Waals surface area contributed by atoms with Crippen LogP contribution in [0.25, 0.3) is 10.4 Å². The van der Waals surface area contributed by atoms with Crippen LogP contribution in [0.3, 0.4) is 0 Å². The lowest BCUT2D eigenvalue weighted by atomic mass is 9.85. The maximum atomic E-state index is 13.7. The number of ether oxygens (including phenoxy) is 3. The Kier molecular flexibility index (Phi) is 13.5. The molecule has 11 nitrogen and oxygen atoms in total. The number of hydrogen-bond acceptors (Lipinski definition) is 9. The van der Waals surface area contributed by atoms with Gasteiger partial charge in [-0.25, -0.2) is 4.98 Å². The Morgan fingerprint density at radius 1 is 1.02 bits per heavy atom. The molecule has 1 aromatic heterocycles. The predicted molar refractivity (Wildman–Crippen MR) is 174 cm³/mol. The van der Waals surface area contributed by atoms with E-state index in [0.29, 0.717) is 26.4 Å². The highest BCUT2D eigenvalue weighted by molar-refractivity contribution is 7.13. The minimum Gasteiger partial charge on any atom is -0.391 e. The van der Waals surface area contributed by atoms with E-state index in [4.69, 9.17) is 14.2 Å². The molecule has 0 aliphatic carbocycles. The fraction of sp³-hybridized carbons (Fsp3) is 0.636. The molecule has 1 saturated heterocycles. The number of amides is 3. The number of thiazole rings is 1. The maximum Gasteiger partial charge on any atom is 0.246 e. The first-order valence-electron chi connectivity index (χ1n) is 15.4. The van der Waals surface area contributed by atoms with Crippen molar-refractivity contribution in [1.29, 1.82) is 0 Å². The fourth-order valence-electron chi connectivity index (χ4n) is 4.86. The molecule has 2 aromatic rings. The molecule has 0 unspecified atom stereocenters. The van der Waals surface area contributed by atoms with Crippen LogP contribution in [0.2, 0.25) is 0 Å². The summed E-state index contributed by atoms with van der Waals surface area (Å²) in [6.45, 7) is 15.9. The van der Waals surface area contributed by atoms with E-state index >= 15 is 0 Å². The number of β-amino-alcohol motifs (C(OH)–C–C–N with tert-alkyl or cyclic N) is 1. The van der Waals surface area contributed by atoms with Gasteiger partial charge in [-0.1, -0.05) is 65.8 Å². The maximum absolute atomic E-state index is 13.7. The van der Waals surface area contributed by atoms with Crippen molar-refractivity contribution < 1.29 is 33.7 Å². The predicted octanol–water partition coefficient (Wildman–Crippen LogP) is 3.32. The summed E-state index contributed by atoms with van der Waals surface area (Å²) in [6.07, 6.45) is -0.721. The van der Waals surface area contributed by atoms with Gasteiger partial charge in [0.1, 0.15) is 18.7 Å². The zero-order valence-corrected chi connectivity index (χ0v) is 28.5. The molecule has 250 valence electrons. The molecule has 45 heavy (non-hydrogen) atoms. The van der Waals surface area contributed by atoms with Crippen LogP contribution in [0.15, 0.2) is 29.8 Å². The molecular formula is C33H50N4O7S. The van der Waals surface area contributed by atoms with E-state index in [1.54, 1.807) is 11.3 Å². The third kappa shape index (κ3) is 11.8. The number of aliphatic hydroxyl groups is 1. The number of likely N-dealkylation sites (tertiary alicyclic amines) is 1. The highest BCUT2D eigenvalue weighted by Gasteiger charge is 2.44. The van der Waals surface area contributed by atoms with Gasteiger partial charge in [-0.05, 0) is 28.9 Å². The van der Waals surface area contributed by atoms with Crippen molar-refractivity contribution in [3.8, 4) is 10.4 Å². The number of nitrogens with one attached hydrogen (secondary N) is 2. The van der Waals surface area contributed by atoms with Crippen molar-refractivity contribution in [3.63, 3.8) is 0 Å². The van der Waals surface area contributed by atoms with Crippen LogP contribution in [0.4, 0.5) is 0 Å². The van der Waals surface area contributed by atoms with Crippen molar-refractivity contribution in [2.24, 2.45) is 10.8 Å². The van der Waals surface area contributed by atoms with E-state index in [1.807, 2.05) is 57.5 Å². The smallest absolute Gasteiger partial charge is 0.246 e. The van der Waals surface area contributed by atoms with E-state index in [9.17, 15) is 19.5 Å². The first kappa shape index (κ1) is 36.6. The van der Waals surface area contributed by atoms with Gasteiger partial charge in [-0.2, -0.15) is 0 Å². The summed E-state index contributed by atoms with van der Waals surface area (Å²) in [5.41, 5.74) is 4.20. The third-order valence-electron chi connectivity index (χ3n) is 7.22. The largest absolute Gasteiger partial charge is 0.391 e. The molecule has 2 heterocycles. The number of nitrogens with zero attached hydrogens (tertiary/aromatic N) is 2. The van der Waals surface area contributed by atoms with Gasteiger partial charge in [0.15, 0.2) is 0 Å². The van der Waals surface area contributed by atoms with Crippen molar-refractivity contribution >= 4 is 29.1 Å². The molecule has 0 bridgehead atoms. The number of carbonyl (C=O) groups excluding carboxylic acids is 3. The highest BCUT2D eigenvalue weighted by Crippen LogP contribution is 2.28. The molecule has 1 aliphatic rings. The SMILES string of the molecule is Cc1ncsc1-c1ccc(CNC(=O)[C@@H]2C[C@@H](O)CN2C(=O)[C@@H](NC(=O)COCCOCCOCC(C)(C)C)C(C)(C)C)cc1. The van der Waals surface area contributed by atoms with E-state index in [0.717, 1.165) is 21.7 Å². The summed E-state index contributed by atoms with van der Waals surface area (Å²) in [6, 6.07) is 6.11. The van der Waals surface area contributed by atoms with Crippen LogP contribution in [0.5, 0.6) is 0 Å². The van der Waals surface area contributed by atoms with Gasteiger partial charge in [0, 0.05) is 19.5 Å². The molecule has 0 saturated carbocycles. The molecule has 1 aliphatic heterocycles. The molecular weight excluding hydrogens is 596 g/mol. The zero-order chi connectivity index (χ0) is 33.2. The Balaban J connectivity index is 1.49. The summed E-state index contributed by atoms with van der Waals surface area (Å²) in [4.78, 5) is 46.5. The van der Waals surface area contributed by atoms with Crippen LogP contribution in [0.1, 0.15) is 59.2 Å². The Labute approximate surface area is 271 Å². The molecule has 0 radical (unpaired) electrons. The molecule has 12 heteroatoms. The topological polar surface area (TPSA) is 139 Å². The fourth-order valence-corrected chi connectivity index (χ4v) is 5.68. The molecule has 3 amide bonds. The summed E-state index contributed by atoms with van der Waals surface area (Å²) < 4.78 is 16.5. The molecule has 1 aromatic carbocycles. The van der Waals surface area contributed by atoms with Crippen LogP contribution in [-0.4, -0.2) is 97.1 Å². The van der Waals surface area contributed by atoms with Crippen LogP contribution in [0, 0.1) is 17.8 Å². The summed E-state index contributed by atoms with van der Waals surface area (Å²) in [7, 11) is 0. The second-order valence-electron chi connectivity index (χ2n) is 13.7. The highest BCUT2D eigenvalue weighted by atomic mass is 32.1. The standard InChI is InChI=1S/C33H50N4O7S/c1-22-28(45-21-35-22)24-10-8-23(9-11-24)17-34-30(40)26-16-25(38)18-37(26)31(41)29(33(5,6)7)36-27(39)19-43-14-12-42-13-15-44-20-32(2,3)4/h8-11,21,25-26,29,38H,12-20H2,1-7H3,(H,34,40)(H,36,39)/t25-,26+,29-/m1/s1. The third-order valence-corrected chi connectivity index (χ3v) is 8.20. The van der Waals surface area contributed by atoms with Crippen LogP contribution in [-0.2, 0) is 35.1 Å². The first-order chi connectivity index (χ1) is 21.2. The molecule has 1 fully saturated rings. The van der Waals surface area contributed by atoms with Crippen molar-refractivity contribution in [2.75, 3.05) is 46.2 Å². The average Bonchev–Trinajstić information content (AvgIpc) is 3.57. The van der Waals surface area contributed by atoms with E-state index in [1.165, 1.54) is 4.90 Å². The lowest BCUT2D eigenvalue weighted by Crippen LogP contribution is -2.58. The van der Waals surface area contributed by atoms with Crippen LogP contribution >= 0.6 is 11.3 Å². The summed E-state index contributed by atoms with van der Waals surface area (Å²) in [5, 5.41) is 16.1. The lowest BCUT2D eigenvalue weighted by molar-refractivity contribution is -0.144. The minimum absolute atomic E-state index is 0.00950. The van der Waals surface area contributed by atoms with E-state index in [-0.39, 0.29) is 44.0 Å². The molecule has 0 spiro atoms. The number of aromatic nitrogens is 1. The first-order valence-corrected chi connectivity index (χ1v) is 16.3. The number of carbonyl (C=O) groups is 3. The normalized spacial score (nSPS) is 17.7. The molecule has 3 atom stereocenters. The Morgan fingerprint density at radius 3 is 2.27 bits per heavy atom. The van der Waals surface area contributed by atoms with Gasteiger partial charge in [-0.15, -0.1) is 11.3 Å². The van der Waals surface area contributed by atoms with Gasteiger partial charge in [0.25, 0.3) is 0 Å². The van der Waals surface area contributed by atoms with Gasteiger partial charge >= 0.3 is 0 Å². The quantitative estimate of drug-likeness (QED) is 0.251.